The van der Waals surface area contributed by atoms with Crippen molar-refractivity contribution in [1.82, 2.24) is 25.1 Å². The Morgan fingerprint density at radius 3 is 2.78 bits per heavy atom. The summed E-state index contributed by atoms with van der Waals surface area (Å²) in [4.78, 5) is 12.1. The van der Waals surface area contributed by atoms with Gasteiger partial charge < -0.3 is 10.3 Å². The van der Waals surface area contributed by atoms with Crippen molar-refractivity contribution in [2.75, 3.05) is 5.32 Å². The number of aromatic nitrogens is 5. The second-order valence-corrected chi connectivity index (χ2v) is 6.71. The molecule has 0 aliphatic heterocycles. The van der Waals surface area contributed by atoms with Gasteiger partial charge in [-0.25, -0.2) is 9.97 Å². The maximum Gasteiger partial charge on any atom is 0.143 e. The van der Waals surface area contributed by atoms with Crippen molar-refractivity contribution in [2.24, 2.45) is 0 Å². The number of H-pyrrole nitrogens is 2. The Kier molecular flexibility index (Phi) is 2.87. The van der Waals surface area contributed by atoms with Crippen LogP contribution in [0.5, 0.6) is 0 Å². The maximum absolute atomic E-state index is 4.40. The predicted octanol–water partition coefficient (Wildman–Crippen LogP) is 3.88. The van der Waals surface area contributed by atoms with Crippen molar-refractivity contribution in [2.45, 2.75) is 26.2 Å². The van der Waals surface area contributed by atoms with Crippen molar-refractivity contribution in [1.29, 1.82) is 0 Å². The molecule has 4 rings (SSSR count). The van der Waals surface area contributed by atoms with Crippen LogP contribution < -0.4 is 5.32 Å². The molecule has 0 amide bonds. The molecule has 3 heterocycles. The number of benzene rings is 1. The second-order valence-electron chi connectivity index (χ2n) is 6.71. The second kappa shape index (κ2) is 4.81. The van der Waals surface area contributed by atoms with Gasteiger partial charge in [0.25, 0.3) is 0 Å². The molecule has 6 heteroatoms. The van der Waals surface area contributed by atoms with Gasteiger partial charge in [-0.05, 0) is 24.3 Å². The molecule has 3 aromatic heterocycles. The van der Waals surface area contributed by atoms with Crippen LogP contribution in [0.1, 0.15) is 26.5 Å². The molecule has 0 saturated heterocycles. The molecule has 6 nitrogen and oxygen atoms in total. The fourth-order valence-corrected chi connectivity index (χ4v) is 2.60. The number of rotatable bonds is 2. The maximum atomic E-state index is 4.40. The minimum Gasteiger partial charge on any atom is -0.343 e. The zero-order valence-electron chi connectivity index (χ0n) is 13.3. The van der Waals surface area contributed by atoms with Crippen LogP contribution in [0.25, 0.3) is 21.9 Å². The van der Waals surface area contributed by atoms with E-state index in [2.05, 4.69) is 57.3 Å². The Morgan fingerprint density at radius 2 is 1.96 bits per heavy atom. The molecule has 1 aromatic carbocycles. The third-order valence-electron chi connectivity index (χ3n) is 3.94. The van der Waals surface area contributed by atoms with Gasteiger partial charge in [0.15, 0.2) is 0 Å². The molecular formula is C17H18N6. The smallest absolute Gasteiger partial charge is 0.143 e. The molecule has 0 spiro atoms. The van der Waals surface area contributed by atoms with Crippen molar-refractivity contribution in [3.63, 3.8) is 0 Å². The molecule has 0 fully saturated rings. The number of aromatic amines is 2. The lowest BCUT2D eigenvalue weighted by Gasteiger charge is -2.15. The first kappa shape index (κ1) is 13.8. The molecule has 0 atom stereocenters. The summed E-state index contributed by atoms with van der Waals surface area (Å²) in [5.74, 6) is 0.796. The van der Waals surface area contributed by atoms with Crippen LogP contribution in [0.3, 0.4) is 0 Å². The lowest BCUT2D eigenvalue weighted by atomic mass is 9.92. The molecular weight excluding hydrogens is 288 g/mol. The first-order valence-corrected chi connectivity index (χ1v) is 7.55. The Labute approximate surface area is 133 Å². The van der Waals surface area contributed by atoms with Crippen LogP contribution >= 0.6 is 0 Å². The van der Waals surface area contributed by atoms with Gasteiger partial charge in [0.2, 0.25) is 0 Å². The van der Waals surface area contributed by atoms with Gasteiger partial charge in [0.05, 0.1) is 17.1 Å². The van der Waals surface area contributed by atoms with E-state index in [9.17, 15) is 0 Å². The monoisotopic (exact) mass is 306 g/mol. The minimum absolute atomic E-state index is 0.0354. The number of nitrogens with zero attached hydrogens (tertiary/aromatic N) is 3. The van der Waals surface area contributed by atoms with Crippen LogP contribution in [-0.4, -0.2) is 25.1 Å². The summed E-state index contributed by atoms with van der Waals surface area (Å²) in [5, 5.41) is 12.4. The van der Waals surface area contributed by atoms with E-state index < -0.39 is 0 Å². The normalized spacial score (nSPS) is 12.1. The van der Waals surface area contributed by atoms with E-state index in [1.54, 1.807) is 6.33 Å². The summed E-state index contributed by atoms with van der Waals surface area (Å²) in [7, 11) is 0. The van der Waals surface area contributed by atoms with Gasteiger partial charge in [-0.3, -0.25) is 5.10 Å². The zero-order chi connectivity index (χ0) is 16.0. The van der Waals surface area contributed by atoms with Crippen LogP contribution in [-0.2, 0) is 5.41 Å². The summed E-state index contributed by atoms with van der Waals surface area (Å²) < 4.78 is 0. The van der Waals surface area contributed by atoms with Crippen molar-refractivity contribution < 1.29 is 0 Å². The van der Waals surface area contributed by atoms with E-state index in [-0.39, 0.29) is 5.41 Å². The molecule has 0 aliphatic carbocycles. The summed E-state index contributed by atoms with van der Waals surface area (Å²) in [6, 6.07) is 8.17. The van der Waals surface area contributed by atoms with Gasteiger partial charge in [-0.2, -0.15) is 5.10 Å². The molecule has 0 unspecified atom stereocenters. The third kappa shape index (κ3) is 2.42. The molecule has 4 aromatic rings. The molecule has 0 aliphatic rings. The number of anilines is 2. The Bertz CT molecular complexity index is 989. The van der Waals surface area contributed by atoms with Gasteiger partial charge in [0, 0.05) is 22.2 Å². The fourth-order valence-electron chi connectivity index (χ4n) is 2.60. The number of nitrogens with one attached hydrogen (secondary N) is 3. The van der Waals surface area contributed by atoms with E-state index in [1.165, 1.54) is 0 Å². The molecule has 116 valence electrons. The predicted molar refractivity (Wildman–Crippen MR) is 92.0 cm³/mol. The Hall–Kier alpha value is -2.89. The molecule has 0 saturated carbocycles. The average molecular weight is 306 g/mol. The number of fused-ring (bicyclic) bond motifs is 2. The summed E-state index contributed by atoms with van der Waals surface area (Å²) in [6.45, 7) is 6.52. The van der Waals surface area contributed by atoms with E-state index in [4.69, 9.17) is 0 Å². The van der Waals surface area contributed by atoms with E-state index in [1.807, 2.05) is 24.4 Å². The van der Waals surface area contributed by atoms with Crippen LogP contribution in [0.2, 0.25) is 0 Å². The van der Waals surface area contributed by atoms with Gasteiger partial charge in [-0.1, -0.05) is 20.8 Å². The van der Waals surface area contributed by atoms with Crippen molar-refractivity contribution in [3.05, 3.63) is 42.5 Å². The first-order valence-electron chi connectivity index (χ1n) is 7.55. The first-order chi connectivity index (χ1) is 11.0. The third-order valence-corrected chi connectivity index (χ3v) is 3.94. The standard InChI is InChI=1S/C17H18N6/c1-17(2,3)14-7-12-15(18-9-19-16(12)22-14)21-11-4-5-13-10(6-11)8-20-23-13/h4-9H,1-3H3,(H,20,23)(H2,18,19,21,22). The van der Waals surface area contributed by atoms with Crippen LogP contribution in [0.15, 0.2) is 36.8 Å². The highest BCUT2D eigenvalue weighted by Crippen LogP contribution is 2.29. The van der Waals surface area contributed by atoms with Crippen LogP contribution in [0, 0.1) is 0 Å². The van der Waals surface area contributed by atoms with Crippen molar-refractivity contribution in [3.8, 4) is 0 Å². The lowest BCUT2D eigenvalue weighted by molar-refractivity contribution is 0.574. The highest BCUT2D eigenvalue weighted by molar-refractivity contribution is 5.91. The van der Waals surface area contributed by atoms with Gasteiger partial charge in [-0.15, -0.1) is 0 Å². The topological polar surface area (TPSA) is 82.3 Å². The zero-order valence-corrected chi connectivity index (χ0v) is 13.3. The number of hydrogen-bond acceptors (Lipinski definition) is 4. The largest absolute Gasteiger partial charge is 0.343 e. The highest BCUT2D eigenvalue weighted by atomic mass is 15.1. The summed E-state index contributed by atoms with van der Waals surface area (Å²) in [5.41, 5.74) is 4.00. The quantitative estimate of drug-likeness (QED) is 0.525. The Morgan fingerprint density at radius 1 is 1.09 bits per heavy atom. The lowest BCUT2D eigenvalue weighted by Crippen LogP contribution is -2.11. The molecule has 3 N–H and O–H groups in total. The van der Waals surface area contributed by atoms with Crippen LogP contribution in [0.4, 0.5) is 11.5 Å². The molecule has 0 bridgehead atoms. The highest BCUT2D eigenvalue weighted by Gasteiger charge is 2.18. The number of hydrogen-bond donors (Lipinski definition) is 3. The average Bonchev–Trinajstić information content (AvgIpc) is 3.13. The van der Waals surface area contributed by atoms with E-state index in [0.717, 1.165) is 39.1 Å². The van der Waals surface area contributed by atoms with E-state index >= 15 is 0 Å². The molecule has 0 radical (unpaired) electrons. The van der Waals surface area contributed by atoms with Gasteiger partial charge >= 0.3 is 0 Å². The van der Waals surface area contributed by atoms with Gasteiger partial charge in [0.1, 0.15) is 17.8 Å². The fraction of sp³-hybridized carbons (Fsp3) is 0.235. The Balaban J connectivity index is 1.77. The van der Waals surface area contributed by atoms with E-state index in [0.29, 0.717) is 0 Å². The molecule has 23 heavy (non-hydrogen) atoms. The minimum atomic E-state index is 0.0354. The summed E-state index contributed by atoms with van der Waals surface area (Å²) >= 11 is 0. The van der Waals surface area contributed by atoms with Crippen molar-refractivity contribution >= 4 is 33.4 Å². The SMILES string of the molecule is CC(C)(C)c1cc2c(Nc3ccc4[nH]ncc4c3)ncnc2[nH]1. The summed E-state index contributed by atoms with van der Waals surface area (Å²) in [6.07, 6.45) is 3.38.